The van der Waals surface area contributed by atoms with Crippen molar-refractivity contribution in [2.24, 2.45) is 0 Å². The van der Waals surface area contributed by atoms with Gasteiger partial charge in [0.25, 0.3) is 0 Å². The van der Waals surface area contributed by atoms with Crippen molar-refractivity contribution in [3.63, 3.8) is 0 Å². The molecule has 4 nitrogen and oxygen atoms in total. The molecule has 1 heterocycles. The molecule has 2 aromatic rings. The molecule has 0 radical (unpaired) electrons. The molecule has 0 fully saturated rings. The molecule has 1 aromatic carbocycles. The summed E-state index contributed by atoms with van der Waals surface area (Å²) in [6.07, 6.45) is 1.33. The third-order valence-corrected chi connectivity index (χ3v) is 3.31. The number of hydrogen-bond donors (Lipinski definition) is 2. The molecule has 0 amide bonds. The number of fused-ring (bicyclic) bond motifs is 1. The van der Waals surface area contributed by atoms with Crippen LogP contribution in [0.3, 0.4) is 0 Å². The van der Waals surface area contributed by atoms with Gasteiger partial charge < -0.3 is 15.2 Å². The molecule has 1 unspecified atom stereocenters. The van der Waals surface area contributed by atoms with Gasteiger partial charge in [-0.25, -0.2) is 0 Å². The van der Waals surface area contributed by atoms with E-state index < -0.39 is 6.10 Å². The minimum absolute atomic E-state index is 0.294. The van der Waals surface area contributed by atoms with Gasteiger partial charge in [-0.1, -0.05) is 13.8 Å². The zero-order chi connectivity index (χ0) is 13.0. The predicted octanol–water partition coefficient (Wildman–Crippen LogP) is 2.03. The quantitative estimate of drug-likeness (QED) is 0.840. The Balaban J connectivity index is 1.85. The van der Waals surface area contributed by atoms with E-state index in [2.05, 4.69) is 9.69 Å². The minimum atomic E-state index is -0.497. The summed E-state index contributed by atoms with van der Waals surface area (Å²) in [5, 5.41) is 14.0. The first-order chi connectivity index (χ1) is 8.65. The summed E-state index contributed by atoms with van der Waals surface area (Å²) < 4.78 is 10.8. The van der Waals surface area contributed by atoms with E-state index in [0.29, 0.717) is 19.2 Å². The summed E-state index contributed by atoms with van der Waals surface area (Å²) in [7, 11) is 0. The van der Waals surface area contributed by atoms with Gasteiger partial charge in [-0.3, -0.25) is 0 Å². The Morgan fingerprint density at radius 1 is 1.44 bits per heavy atom. The second-order valence-electron chi connectivity index (χ2n) is 4.55. The highest BCUT2D eigenvalue weighted by atomic mass is 32.1. The fraction of sp³-hybridized carbons (Fsp3) is 0.462. The molecule has 2 N–H and O–H groups in total. The van der Waals surface area contributed by atoms with Crippen LogP contribution in [-0.4, -0.2) is 34.8 Å². The number of nitrogens with one attached hydrogen (secondary N) is 1. The molecule has 1 aromatic heterocycles. The first kappa shape index (κ1) is 13.3. The molecule has 0 saturated heterocycles. The standard InChI is InChI=1S/C13H18N2O2S/c1-9(2)14-7-11(16)8-17-12-3-4-13-10(5-12)6-15-18-13/h3-6,9,11,14,16H,7-8H2,1-2H3. The van der Waals surface area contributed by atoms with Crippen LogP contribution in [0.1, 0.15) is 13.8 Å². The molecule has 5 heteroatoms. The van der Waals surface area contributed by atoms with E-state index in [1.165, 1.54) is 11.5 Å². The summed E-state index contributed by atoms with van der Waals surface area (Å²) in [4.78, 5) is 0. The lowest BCUT2D eigenvalue weighted by atomic mass is 10.2. The van der Waals surface area contributed by atoms with Crippen LogP contribution in [0.15, 0.2) is 24.4 Å². The number of rotatable bonds is 6. The van der Waals surface area contributed by atoms with Crippen molar-refractivity contribution in [1.29, 1.82) is 0 Å². The van der Waals surface area contributed by atoms with Crippen molar-refractivity contribution >= 4 is 21.6 Å². The lowest BCUT2D eigenvalue weighted by molar-refractivity contribution is 0.105. The fourth-order valence-electron chi connectivity index (χ4n) is 1.56. The third kappa shape index (κ3) is 3.66. The molecular formula is C13H18N2O2S. The molecule has 0 spiro atoms. The summed E-state index contributed by atoms with van der Waals surface area (Å²) in [6.45, 7) is 4.93. The molecule has 0 aliphatic carbocycles. The van der Waals surface area contributed by atoms with Crippen molar-refractivity contribution in [3.05, 3.63) is 24.4 Å². The molecule has 18 heavy (non-hydrogen) atoms. The highest BCUT2D eigenvalue weighted by Crippen LogP contribution is 2.23. The van der Waals surface area contributed by atoms with Crippen LogP contribution in [-0.2, 0) is 0 Å². The predicted molar refractivity (Wildman–Crippen MR) is 74.3 cm³/mol. The Morgan fingerprint density at radius 2 is 2.28 bits per heavy atom. The molecule has 1 atom stereocenters. The number of ether oxygens (including phenoxy) is 1. The maximum Gasteiger partial charge on any atom is 0.120 e. The van der Waals surface area contributed by atoms with E-state index in [4.69, 9.17) is 4.74 Å². The first-order valence-corrected chi connectivity index (χ1v) is 6.81. The van der Waals surface area contributed by atoms with Gasteiger partial charge >= 0.3 is 0 Å². The van der Waals surface area contributed by atoms with Gasteiger partial charge in [-0.2, -0.15) is 4.37 Å². The summed E-state index contributed by atoms with van der Waals surface area (Å²) >= 11 is 1.47. The zero-order valence-electron chi connectivity index (χ0n) is 10.6. The highest BCUT2D eigenvalue weighted by Gasteiger charge is 2.06. The van der Waals surface area contributed by atoms with Crippen LogP contribution in [0.4, 0.5) is 0 Å². The number of nitrogens with zero attached hydrogens (tertiary/aromatic N) is 1. The number of aromatic nitrogens is 1. The van der Waals surface area contributed by atoms with Gasteiger partial charge in [0.2, 0.25) is 0 Å². The lowest BCUT2D eigenvalue weighted by Gasteiger charge is -2.15. The van der Waals surface area contributed by atoms with Gasteiger partial charge in [-0.05, 0) is 29.7 Å². The average molecular weight is 266 g/mol. The normalized spacial score (nSPS) is 13.1. The Morgan fingerprint density at radius 3 is 3.06 bits per heavy atom. The van der Waals surface area contributed by atoms with E-state index in [1.54, 1.807) is 0 Å². The zero-order valence-corrected chi connectivity index (χ0v) is 11.4. The van der Waals surface area contributed by atoms with Crippen LogP contribution in [0.2, 0.25) is 0 Å². The van der Waals surface area contributed by atoms with Crippen LogP contribution in [0, 0.1) is 0 Å². The number of aliphatic hydroxyl groups is 1. The molecule has 98 valence electrons. The molecule has 0 aliphatic heterocycles. The van der Waals surface area contributed by atoms with Crippen molar-refractivity contribution in [2.45, 2.75) is 26.0 Å². The van der Waals surface area contributed by atoms with E-state index in [0.717, 1.165) is 15.8 Å². The highest BCUT2D eigenvalue weighted by molar-refractivity contribution is 7.13. The van der Waals surface area contributed by atoms with E-state index in [1.807, 2.05) is 38.2 Å². The second kappa shape index (κ2) is 6.13. The van der Waals surface area contributed by atoms with Crippen LogP contribution in [0.25, 0.3) is 10.1 Å². The van der Waals surface area contributed by atoms with E-state index >= 15 is 0 Å². The summed E-state index contributed by atoms with van der Waals surface area (Å²) in [6, 6.07) is 6.21. The van der Waals surface area contributed by atoms with Gasteiger partial charge in [0.05, 0.1) is 4.70 Å². The minimum Gasteiger partial charge on any atom is -0.491 e. The van der Waals surface area contributed by atoms with Gasteiger partial charge in [-0.15, -0.1) is 0 Å². The SMILES string of the molecule is CC(C)NCC(O)COc1ccc2sncc2c1. The molecule has 2 rings (SSSR count). The fourth-order valence-corrected chi connectivity index (χ4v) is 2.19. The topological polar surface area (TPSA) is 54.4 Å². The van der Waals surface area contributed by atoms with Crippen LogP contribution >= 0.6 is 11.5 Å². The Kier molecular flexibility index (Phi) is 4.52. The summed E-state index contributed by atoms with van der Waals surface area (Å²) in [5.74, 6) is 0.770. The number of aliphatic hydroxyl groups excluding tert-OH is 1. The van der Waals surface area contributed by atoms with Crippen molar-refractivity contribution in [3.8, 4) is 5.75 Å². The molecular weight excluding hydrogens is 248 g/mol. The maximum atomic E-state index is 9.73. The third-order valence-electron chi connectivity index (χ3n) is 2.53. The first-order valence-electron chi connectivity index (χ1n) is 6.04. The lowest BCUT2D eigenvalue weighted by Crippen LogP contribution is -2.35. The number of benzene rings is 1. The monoisotopic (exact) mass is 266 g/mol. The second-order valence-corrected chi connectivity index (χ2v) is 5.39. The average Bonchev–Trinajstić information content (AvgIpc) is 2.81. The van der Waals surface area contributed by atoms with Crippen molar-refractivity contribution in [1.82, 2.24) is 9.69 Å². The van der Waals surface area contributed by atoms with E-state index in [9.17, 15) is 5.11 Å². The van der Waals surface area contributed by atoms with Crippen LogP contribution < -0.4 is 10.1 Å². The summed E-state index contributed by atoms with van der Waals surface area (Å²) in [5.41, 5.74) is 0. The smallest absolute Gasteiger partial charge is 0.120 e. The Labute approximate surface area is 111 Å². The number of hydrogen-bond acceptors (Lipinski definition) is 5. The largest absolute Gasteiger partial charge is 0.491 e. The Bertz CT molecular complexity index is 498. The van der Waals surface area contributed by atoms with Gasteiger partial charge in [0.15, 0.2) is 0 Å². The van der Waals surface area contributed by atoms with Crippen molar-refractivity contribution in [2.75, 3.05) is 13.2 Å². The molecule has 0 bridgehead atoms. The maximum absolute atomic E-state index is 9.73. The van der Waals surface area contributed by atoms with Gasteiger partial charge in [0, 0.05) is 24.2 Å². The van der Waals surface area contributed by atoms with Crippen molar-refractivity contribution < 1.29 is 9.84 Å². The van der Waals surface area contributed by atoms with E-state index in [-0.39, 0.29) is 0 Å². The molecule has 0 aliphatic rings. The molecule has 0 saturated carbocycles. The van der Waals surface area contributed by atoms with Gasteiger partial charge in [0.1, 0.15) is 18.5 Å². The Hall–Kier alpha value is -1.17. The van der Waals surface area contributed by atoms with Crippen LogP contribution in [0.5, 0.6) is 5.75 Å².